The third-order valence-corrected chi connectivity index (χ3v) is 6.37. The quantitative estimate of drug-likeness (QED) is 0.469. The fraction of sp³-hybridized carbons (Fsp3) is 0.136. The summed E-state index contributed by atoms with van der Waals surface area (Å²) < 4.78 is 5.89. The molecule has 0 spiro atoms. The molecule has 4 aromatic rings. The van der Waals surface area contributed by atoms with Crippen LogP contribution in [0.5, 0.6) is 0 Å². The smallest absolute Gasteiger partial charge is 0.297 e. The second-order valence-electron chi connectivity index (χ2n) is 7.00. The number of anilines is 1. The Morgan fingerprint density at radius 2 is 1.87 bits per heavy atom. The average Bonchev–Trinajstić information content (AvgIpc) is 3.27. The standard InChI is InChI=1S/C22H15N3O4S/c1-11-20(12(2)26)30-22(24-11)25-17(13-7-9-23-10-8-13)16-18(27)14-5-3-4-6-15(14)29-19(16)21(25)28/h3-10,17H,1-2H3. The van der Waals surface area contributed by atoms with Gasteiger partial charge in [0.05, 0.1) is 27.6 Å². The molecule has 148 valence electrons. The molecule has 0 saturated heterocycles. The van der Waals surface area contributed by atoms with Crippen molar-refractivity contribution in [2.45, 2.75) is 19.9 Å². The number of hydrogen-bond donors (Lipinski definition) is 0. The first kappa shape index (κ1) is 18.4. The number of pyridine rings is 1. The molecule has 0 radical (unpaired) electrons. The van der Waals surface area contributed by atoms with E-state index in [1.807, 2.05) is 0 Å². The molecule has 0 bridgehead atoms. The van der Waals surface area contributed by atoms with Gasteiger partial charge in [0.2, 0.25) is 5.76 Å². The molecule has 3 aromatic heterocycles. The number of rotatable bonds is 3. The Morgan fingerprint density at radius 3 is 2.57 bits per heavy atom. The maximum atomic E-state index is 13.4. The molecule has 1 aliphatic rings. The third kappa shape index (κ3) is 2.61. The van der Waals surface area contributed by atoms with E-state index in [1.165, 1.54) is 11.8 Å². The zero-order valence-corrected chi connectivity index (χ0v) is 16.9. The van der Waals surface area contributed by atoms with E-state index in [9.17, 15) is 14.4 Å². The van der Waals surface area contributed by atoms with Gasteiger partial charge >= 0.3 is 0 Å². The average molecular weight is 417 g/mol. The molecule has 1 unspecified atom stereocenters. The number of benzene rings is 1. The van der Waals surface area contributed by atoms with E-state index in [2.05, 4.69) is 9.97 Å². The van der Waals surface area contributed by atoms with E-state index in [4.69, 9.17) is 4.42 Å². The van der Waals surface area contributed by atoms with Crippen LogP contribution in [-0.4, -0.2) is 21.7 Å². The molecule has 1 aromatic carbocycles. The van der Waals surface area contributed by atoms with Crippen LogP contribution in [0.25, 0.3) is 11.0 Å². The number of aryl methyl sites for hydroxylation is 1. The van der Waals surface area contributed by atoms with Crippen LogP contribution in [0, 0.1) is 6.92 Å². The highest BCUT2D eigenvalue weighted by molar-refractivity contribution is 7.17. The van der Waals surface area contributed by atoms with E-state index in [0.717, 1.165) is 11.3 Å². The van der Waals surface area contributed by atoms with E-state index in [1.54, 1.807) is 55.7 Å². The van der Waals surface area contributed by atoms with Gasteiger partial charge in [0.1, 0.15) is 5.58 Å². The zero-order valence-electron chi connectivity index (χ0n) is 16.1. The number of ketones is 1. The van der Waals surface area contributed by atoms with Crippen LogP contribution in [-0.2, 0) is 0 Å². The van der Waals surface area contributed by atoms with E-state index < -0.39 is 11.9 Å². The molecule has 0 saturated carbocycles. The Morgan fingerprint density at radius 1 is 1.13 bits per heavy atom. The monoisotopic (exact) mass is 417 g/mol. The topological polar surface area (TPSA) is 93.4 Å². The summed E-state index contributed by atoms with van der Waals surface area (Å²) in [5, 5.41) is 0.754. The second kappa shape index (κ2) is 6.70. The molecule has 0 N–H and O–H groups in total. The van der Waals surface area contributed by atoms with Crippen LogP contribution >= 0.6 is 11.3 Å². The number of thiazole rings is 1. The predicted octanol–water partition coefficient (Wildman–Crippen LogP) is 3.91. The van der Waals surface area contributed by atoms with Crippen LogP contribution in [0.1, 0.15) is 50.0 Å². The lowest BCUT2D eigenvalue weighted by Crippen LogP contribution is -2.29. The van der Waals surface area contributed by atoms with Crippen molar-refractivity contribution in [3.63, 3.8) is 0 Å². The van der Waals surface area contributed by atoms with Crippen molar-refractivity contribution in [3.8, 4) is 0 Å². The minimum absolute atomic E-state index is 0.00209. The van der Waals surface area contributed by atoms with Gasteiger partial charge < -0.3 is 4.42 Å². The van der Waals surface area contributed by atoms with Crippen LogP contribution in [0.3, 0.4) is 0 Å². The molecule has 5 rings (SSSR count). The SMILES string of the molecule is CC(=O)c1sc(N2C(=O)c3oc4ccccc4c(=O)c3C2c2ccncc2)nc1C. The number of Topliss-reactive ketones (excluding diaryl/α,β-unsaturated/α-hetero) is 1. The maximum absolute atomic E-state index is 13.4. The highest BCUT2D eigenvalue weighted by atomic mass is 32.1. The first-order chi connectivity index (χ1) is 14.5. The molecule has 0 fully saturated rings. The predicted molar refractivity (Wildman–Crippen MR) is 112 cm³/mol. The molecule has 4 heterocycles. The van der Waals surface area contributed by atoms with Crippen molar-refractivity contribution in [1.29, 1.82) is 0 Å². The van der Waals surface area contributed by atoms with Gasteiger partial charge in [-0.25, -0.2) is 4.98 Å². The van der Waals surface area contributed by atoms with Gasteiger partial charge in [-0.1, -0.05) is 23.5 Å². The highest BCUT2D eigenvalue weighted by Crippen LogP contribution is 2.42. The summed E-state index contributed by atoms with van der Waals surface area (Å²) in [6.45, 7) is 3.19. The Bertz CT molecular complexity index is 1390. The number of carbonyl (C=O) groups excluding carboxylic acids is 2. The van der Waals surface area contributed by atoms with Crippen LogP contribution in [0.4, 0.5) is 5.13 Å². The van der Waals surface area contributed by atoms with Crippen molar-refractivity contribution in [2.75, 3.05) is 4.90 Å². The number of para-hydroxylation sites is 1. The van der Waals surface area contributed by atoms with Gasteiger partial charge in [0, 0.05) is 19.3 Å². The summed E-state index contributed by atoms with van der Waals surface area (Å²) >= 11 is 1.13. The lowest BCUT2D eigenvalue weighted by atomic mass is 10.00. The molecule has 8 heteroatoms. The number of aromatic nitrogens is 2. The summed E-state index contributed by atoms with van der Waals surface area (Å²) in [5.74, 6) is -0.586. The Kier molecular flexibility index (Phi) is 4.11. The molecular weight excluding hydrogens is 402 g/mol. The lowest BCUT2D eigenvalue weighted by Gasteiger charge is -2.22. The summed E-state index contributed by atoms with van der Waals surface area (Å²) in [5.41, 5.74) is 1.61. The molecule has 30 heavy (non-hydrogen) atoms. The van der Waals surface area contributed by atoms with E-state index in [-0.39, 0.29) is 22.5 Å². The van der Waals surface area contributed by atoms with E-state index in [0.29, 0.717) is 32.2 Å². The second-order valence-corrected chi connectivity index (χ2v) is 7.97. The molecule has 7 nitrogen and oxygen atoms in total. The van der Waals surface area contributed by atoms with Crippen molar-refractivity contribution in [3.05, 3.63) is 86.5 Å². The molecular formula is C22H15N3O4S. The summed E-state index contributed by atoms with van der Waals surface area (Å²) in [7, 11) is 0. The zero-order chi connectivity index (χ0) is 21.0. The van der Waals surface area contributed by atoms with Crippen molar-refractivity contribution in [2.24, 2.45) is 0 Å². The largest absolute Gasteiger partial charge is 0.450 e. The molecule has 0 aliphatic carbocycles. The fourth-order valence-corrected chi connectivity index (χ4v) is 4.78. The normalized spacial score (nSPS) is 15.6. The van der Waals surface area contributed by atoms with Crippen LogP contribution < -0.4 is 10.3 Å². The third-order valence-electron chi connectivity index (χ3n) is 5.11. The van der Waals surface area contributed by atoms with Gasteiger partial charge in [-0.15, -0.1) is 0 Å². The minimum atomic E-state index is -0.721. The van der Waals surface area contributed by atoms with Crippen molar-refractivity contribution in [1.82, 2.24) is 9.97 Å². The van der Waals surface area contributed by atoms with Gasteiger partial charge in [0.15, 0.2) is 16.3 Å². The number of hydrogen-bond acceptors (Lipinski definition) is 7. The number of nitrogens with zero attached hydrogens (tertiary/aromatic N) is 3. The molecule has 1 amide bonds. The first-order valence-electron chi connectivity index (χ1n) is 9.25. The van der Waals surface area contributed by atoms with Crippen LogP contribution in [0.2, 0.25) is 0 Å². The Balaban J connectivity index is 1.80. The summed E-state index contributed by atoms with van der Waals surface area (Å²) in [6.07, 6.45) is 3.21. The molecule has 1 aliphatic heterocycles. The van der Waals surface area contributed by atoms with Crippen LogP contribution in [0.15, 0.2) is 58.0 Å². The fourth-order valence-electron chi connectivity index (χ4n) is 3.79. The lowest BCUT2D eigenvalue weighted by molar-refractivity contribution is 0.0969. The van der Waals surface area contributed by atoms with Gasteiger partial charge in [-0.05, 0) is 36.8 Å². The Labute approximate surface area is 174 Å². The maximum Gasteiger partial charge on any atom is 0.297 e. The van der Waals surface area contributed by atoms with E-state index >= 15 is 0 Å². The minimum Gasteiger partial charge on any atom is -0.450 e. The first-order valence-corrected chi connectivity index (χ1v) is 10.1. The summed E-state index contributed by atoms with van der Waals surface area (Å²) in [4.78, 5) is 49.2. The summed E-state index contributed by atoms with van der Waals surface area (Å²) in [6, 6.07) is 9.63. The number of fused-ring (bicyclic) bond motifs is 2. The van der Waals surface area contributed by atoms with Gasteiger partial charge in [-0.3, -0.25) is 24.3 Å². The van der Waals surface area contributed by atoms with Gasteiger partial charge in [-0.2, -0.15) is 0 Å². The number of carbonyl (C=O) groups is 2. The Hall–Kier alpha value is -3.65. The number of amides is 1. The highest BCUT2D eigenvalue weighted by Gasteiger charge is 2.45. The van der Waals surface area contributed by atoms with Gasteiger partial charge in [0.25, 0.3) is 5.91 Å². The van der Waals surface area contributed by atoms with Crippen molar-refractivity contribution >= 4 is 39.1 Å². The van der Waals surface area contributed by atoms with Crippen molar-refractivity contribution < 1.29 is 14.0 Å². The molecule has 1 atom stereocenters.